The number of amides is 1. The maximum Gasteiger partial charge on any atom is 0.252 e. The molecule has 1 aliphatic heterocycles. The largest absolute Gasteiger partial charge is 0.352 e. The Kier molecular flexibility index (Phi) is 6.76. The molecule has 0 spiro atoms. The fourth-order valence-electron chi connectivity index (χ4n) is 2.74. The normalized spacial score (nSPS) is 19.5. The van der Waals surface area contributed by atoms with Crippen LogP contribution in [0.4, 0.5) is 0 Å². The Morgan fingerprint density at radius 1 is 1.48 bits per heavy atom. The molecule has 1 fully saturated rings. The predicted molar refractivity (Wildman–Crippen MR) is 96.0 cm³/mol. The molecule has 1 atom stereocenters. The van der Waals surface area contributed by atoms with Crippen LogP contribution < -0.4 is 5.32 Å². The van der Waals surface area contributed by atoms with Gasteiger partial charge in [0.25, 0.3) is 5.91 Å². The lowest BCUT2D eigenvalue weighted by Gasteiger charge is -2.33. The van der Waals surface area contributed by atoms with Crippen LogP contribution in [0, 0.1) is 3.57 Å². The SMILES string of the molecule is C[C@@H]1CCCCN1CCCNC(=O)c1ccc(Cl)cc1I. The summed E-state index contributed by atoms with van der Waals surface area (Å²) in [5.41, 5.74) is 0.700. The molecule has 1 aliphatic rings. The Bertz CT molecular complexity index is 495. The molecule has 1 heterocycles. The van der Waals surface area contributed by atoms with Crippen molar-refractivity contribution in [3.8, 4) is 0 Å². The van der Waals surface area contributed by atoms with E-state index in [2.05, 4.69) is 39.7 Å². The molecule has 3 nitrogen and oxygen atoms in total. The number of halogens is 2. The van der Waals surface area contributed by atoms with Gasteiger partial charge in [0.1, 0.15) is 0 Å². The number of benzene rings is 1. The number of hydrogen-bond acceptors (Lipinski definition) is 2. The van der Waals surface area contributed by atoms with E-state index in [0.717, 1.165) is 23.1 Å². The lowest BCUT2D eigenvalue weighted by Crippen LogP contribution is -2.39. The lowest BCUT2D eigenvalue weighted by molar-refractivity contribution is 0.0948. The van der Waals surface area contributed by atoms with Crippen LogP contribution in [0.15, 0.2) is 18.2 Å². The van der Waals surface area contributed by atoms with E-state index in [1.807, 2.05) is 6.07 Å². The van der Waals surface area contributed by atoms with Gasteiger partial charge >= 0.3 is 0 Å². The first-order valence-corrected chi connectivity index (χ1v) is 9.01. The predicted octanol–water partition coefficient (Wildman–Crippen LogP) is 3.94. The summed E-state index contributed by atoms with van der Waals surface area (Å²) in [5, 5.41) is 3.66. The minimum Gasteiger partial charge on any atom is -0.352 e. The van der Waals surface area contributed by atoms with E-state index < -0.39 is 0 Å². The van der Waals surface area contributed by atoms with E-state index in [9.17, 15) is 4.79 Å². The smallest absolute Gasteiger partial charge is 0.252 e. The molecule has 116 valence electrons. The number of likely N-dealkylation sites (tertiary alicyclic amines) is 1. The molecule has 1 N–H and O–H groups in total. The summed E-state index contributed by atoms with van der Waals surface area (Å²) in [6.45, 7) is 5.29. The number of nitrogens with one attached hydrogen (secondary N) is 1. The molecule has 1 aromatic rings. The summed E-state index contributed by atoms with van der Waals surface area (Å²) in [5.74, 6) is -0.0113. The molecule has 0 aromatic heterocycles. The zero-order valence-corrected chi connectivity index (χ0v) is 15.3. The van der Waals surface area contributed by atoms with Gasteiger partial charge in [-0.1, -0.05) is 18.0 Å². The van der Waals surface area contributed by atoms with Gasteiger partial charge in [-0.3, -0.25) is 4.79 Å². The van der Waals surface area contributed by atoms with E-state index >= 15 is 0 Å². The van der Waals surface area contributed by atoms with E-state index in [1.54, 1.807) is 12.1 Å². The average Bonchev–Trinajstić information content (AvgIpc) is 2.45. The highest BCUT2D eigenvalue weighted by Crippen LogP contribution is 2.18. The molecule has 0 radical (unpaired) electrons. The van der Waals surface area contributed by atoms with Crippen molar-refractivity contribution in [2.75, 3.05) is 19.6 Å². The number of piperidine rings is 1. The van der Waals surface area contributed by atoms with Crippen molar-refractivity contribution in [1.82, 2.24) is 10.2 Å². The van der Waals surface area contributed by atoms with Gasteiger partial charge in [-0.25, -0.2) is 0 Å². The second-order valence-corrected chi connectivity index (χ2v) is 7.21. The Hall–Kier alpha value is -0.330. The second kappa shape index (κ2) is 8.34. The van der Waals surface area contributed by atoms with Gasteiger partial charge in [0.2, 0.25) is 0 Å². The minimum absolute atomic E-state index is 0.0113. The quantitative estimate of drug-likeness (QED) is 0.578. The third kappa shape index (κ3) is 5.11. The minimum atomic E-state index is -0.0113. The lowest BCUT2D eigenvalue weighted by atomic mass is 10.0. The van der Waals surface area contributed by atoms with Crippen LogP contribution in [-0.2, 0) is 0 Å². The summed E-state index contributed by atoms with van der Waals surface area (Å²) < 4.78 is 0.891. The number of hydrogen-bond donors (Lipinski definition) is 1. The van der Waals surface area contributed by atoms with Gasteiger partial charge in [0.15, 0.2) is 0 Å². The number of carbonyl (C=O) groups excluding carboxylic acids is 1. The maximum atomic E-state index is 12.1. The van der Waals surface area contributed by atoms with Crippen molar-refractivity contribution in [2.45, 2.75) is 38.6 Å². The number of carbonyl (C=O) groups is 1. The maximum absolute atomic E-state index is 12.1. The first-order valence-electron chi connectivity index (χ1n) is 7.55. The first kappa shape index (κ1) is 17.0. The van der Waals surface area contributed by atoms with Crippen LogP contribution in [0.3, 0.4) is 0 Å². The highest BCUT2D eigenvalue weighted by atomic mass is 127. The molecule has 2 rings (SSSR count). The zero-order chi connectivity index (χ0) is 15.2. The van der Waals surface area contributed by atoms with E-state index in [0.29, 0.717) is 16.6 Å². The summed E-state index contributed by atoms with van der Waals surface area (Å²) in [4.78, 5) is 14.6. The summed E-state index contributed by atoms with van der Waals surface area (Å²) in [6, 6.07) is 6.04. The summed E-state index contributed by atoms with van der Waals surface area (Å²) >= 11 is 8.05. The van der Waals surface area contributed by atoms with Crippen molar-refractivity contribution in [1.29, 1.82) is 0 Å². The second-order valence-electron chi connectivity index (χ2n) is 5.61. The van der Waals surface area contributed by atoms with Gasteiger partial charge in [-0.05, 0) is 73.5 Å². The molecule has 1 saturated heterocycles. The van der Waals surface area contributed by atoms with Crippen LogP contribution in [0.2, 0.25) is 5.02 Å². The van der Waals surface area contributed by atoms with E-state index in [-0.39, 0.29) is 5.91 Å². The van der Waals surface area contributed by atoms with Crippen LogP contribution in [0.5, 0.6) is 0 Å². The van der Waals surface area contributed by atoms with Gasteiger partial charge in [-0.15, -0.1) is 0 Å². The highest BCUT2D eigenvalue weighted by Gasteiger charge is 2.17. The Morgan fingerprint density at radius 3 is 3.00 bits per heavy atom. The molecular weight excluding hydrogens is 399 g/mol. The van der Waals surface area contributed by atoms with Crippen molar-refractivity contribution in [2.24, 2.45) is 0 Å². The number of rotatable bonds is 5. The molecule has 0 bridgehead atoms. The number of nitrogens with zero attached hydrogens (tertiary/aromatic N) is 1. The third-order valence-electron chi connectivity index (χ3n) is 4.02. The average molecular weight is 421 g/mol. The summed E-state index contributed by atoms with van der Waals surface area (Å²) in [6.07, 6.45) is 4.96. The molecule has 0 aliphatic carbocycles. The Morgan fingerprint density at radius 2 is 2.29 bits per heavy atom. The van der Waals surface area contributed by atoms with Gasteiger partial charge < -0.3 is 10.2 Å². The standard InChI is InChI=1S/C16H22ClIN2O/c1-12-5-2-3-9-20(12)10-4-8-19-16(21)14-7-6-13(17)11-15(14)18/h6-7,11-12H,2-5,8-10H2,1H3,(H,19,21)/t12-/m1/s1. The molecule has 5 heteroatoms. The first-order chi connectivity index (χ1) is 10.1. The zero-order valence-electron chi connectivity index (χ0n) is 12.4. The van der Waals surface area contributed by atoms with Crippen LogP contribution in [-0.4, -0.2) is 36.5 Å². The van der Waals surface area contributed by atoms with Crippen LogP contribution in [0.25, 0.3) is 0 Å². The Labute approximate surface area is 145 Å². The monoisotopic (exact) mass is 420 g/mol. The van der Waals surface area contributed by atoms with Gasteiger partial charge in [-0.2, -0.15) is 0 Å². The van der Waals surface area contributed by atoms with Gasteiger partial charge in [0, 0.05) is 27.7 Å². The van der Waals surface area contributed by atoms with E-state index in [4.69, 9.17) is 11.6 Å². The molecule has 1 aromatic carbocycles. The topological polar surface area (TPSA) is 32.3 Å². The van der Waals surface area contributed by atoms with Crippen molar-refractivity contribution >= 4 is 40.1 Å². The fourth-order valence-corrected chi connectivity index (χ4v) is 3.86. The van der Waals surface area contributed by atoms with Gasteiger partial charge in [0.05, 0.1) is 5.56 Å². The fraction of sp³-hybridized carbons (Fsp3) is 0.562. The molecule has 0 saturated carbocycles. The van der Waals surface area contributed by atoms with Crippen molar-refractivity contribution < 1.29 is 4.79 Å². The van der Waals surface area contributed by atoms with Crippen LogP contribution >= 0.6 is 34.2 Å². The molecule has 1 amide bonds. The van der Waals surface area contributed by atoms with Crippen LogP contribution in [0.1, 0.15) is 43.0 Å². The molecular formula is C16H22ClIN2O. The summed E-state index contributed by atoms with van der Waals surface area (Å²) in [7, 11) is 0. The Balaban J connectivity index is 1.74. The third-order valence-corrected chi connectivity index (χ3v) is 5.15. The molecule has 0 unspecified atom stereocenters. The molecule has 21 heavy (non-hydrogen) atoms. The van der Waals surface area contributed by atoms with Crippen molar-refractivity contribution in [3.63, 3.8) is 0 Å². The van der Waals surface area contributed by atoms with Crippen molar-refractivity contribution in [3.05, 3.63) is 32.4 Å². The highest BCUT2D eigenvalue weighted by molar-refractivity contribution is 14.1. The van der Waals surface area contributed by atoms with E-state index in [1.165, 1.54) is 25.8 Å².